The van der Waals surface area contributed by atoms with E-state index in [-0.39, 0.29) is 35.6 Å². The second kappa shape index (κ2) is 5.77. The number of hydrogen-bond donors (Lipinski definition) is 2. The lowest BCUT2D eigenvalue weighted by Crippen LogP contribution is -2.45. The normalized spacial score (nSPS) is 18.6. The molecule has 2 rings (SSSR count). The maximum absolute atomic E-state index is 5.88. The van der Waals surface area contributed by atoms with Crippen LogP contribution in [-0.2, 0) is 0 Å². The van der Waals surface area contributed by atoms with Gasteiger partial charge < -0.3 is 15.8 Å². The SMILES string of the molecule is CC(C)(C)NC(N)=NC1COc2ccccc21.I. The maximum atomic E-state index is 5.88. The van der Waals surface area contributed by atoms with Crippen molar-refractivity contribution in [1.82, 2.24) is 5.32 Å². The van der Waals surface area contributed by atoms with Gasteiger partial charge in [-0.1, -0.05) is 18.2 Å². The number of guanidine groups is 1. The molecule has 100 valence electrons. The Bertz CT molecular complexity index is 440. The number of fused-ring (bicyclic) bond motifs is 1. The number of halogens is 1. The van der Waals surface area contributed by atoms with Crippen LogP contribution >= 0.6 is 24.0 Å². The van der Waals surface area contributed by atoms with Crippen molar-refractivity contribution >= 4 is 29.9 Å². The molecule has 0 bridgehead atoms. The lowest BCUT2D eigenvalue weighted by atomic mass is 10.1. The first-order valence-electron chi connectivity index (χ1n) is 5.79. The van der Waals surface area contributed by atoms with E-state index in [0.29, 0.717) is 12.6 Å². The van der Waals surface area contributed by atoms with Crippen LogP contribution in [0.4, 0.5) is 0 Å². The van der Waals surface area contributed by atoms with Crippen molar-refractivity contribution in [3.05, 3.63) is 29.8 Å². The zero-order valence-corrected chi connectivity index (χ0v) is 13.3. The van der Waals surface area contributed by atoms with Crippen LogP contribution in [0.3, 0.4) is 0 Å². The fourth-order valence-electron chi connectivity index (χ4n) is 1.84. The Morgan fingerprint density at radius 2 is 2.06 bits per heavy atom. The molecule has 1 heterocycles. The molecular formula is C13H20IN3O. The minimum Gasteiger partial charge on any atom is -0.491 e. The van der Waals surface area contributed by atoms with Crippen LogP contribution in [0.1, 0.15) is 32.4 Å². The second-order valence-corrected chi connectivity index (χ2v) is 5.25. The van der Waals surface area contributed by atoms with Crippen molar-refractivity contribution in [1.29, 1.82) is 0 Å². The van der Waals surface area contributed by atoms with E-state index in [2.05, 4.69) is 31.1 Å². The number of aliphatic imine (C=N–C) groups is 1. The van der Waals surface area contributed by atoms with E-state index in [4.69, 9.17) is 10.5 Å². The Kier molecular flexibility index (Phi) is 4.84. The average molecular weight is 361 g/mol. The van der Waals surface area contributed by atoms with Gasteiger partial charge in [-0.3, -0.25) is 0 Å². The summed E-state index contributed by atoms with van der Waals surface area (Å²) in [6, 6.07) is 7.94. The summed E-state index contributed by atoms with van der Waals surface area (Å²) < 4.78 is 5.55. The van der Waals surface area contributed by atoms with Crippen molar-refractivity contribution in [2.75, 3.05) is 6.61 Å². The van der Waals surface area contributed by atoms with Gasteiger partial charge in [0, 0.05) is 11.1 Å². The number of hydrogen-bond acceptors (Lipinski definition) is 2. The van der Waals surface area contributed by atoms with E-state index in [1.165, 1.54) is 0 Å². The molecule has 1 atom stereocenters. The molecule has 1 aliphatic heterocycles. The largest absolute Gasteiger partial charge is 0.491 e. The van der Waals surface area contributed by atoms with Crippen molar-refractivity contribution in [3.63, 3.8) is 0 Å². The molecule has 1 aliphatic rings. The molecule has 18 heavy (non-hydrogen) atoms. The highest BCUT2D eigenvalue weighted by molar-refractivity contribution is 14.0. The van der Waals surface area contributed by atoms with E-state index in [1.54, 1.807) is 0 Å². The summed E-state index contributed by atoms with van der Waals surface area (Å²) in [6.07, 6.45) is 0. The number of nitrogens with one attached hydrogen (secondary N) is 1. The fraction of sp³-hybridized carbons (Fsp3) is 0.462. The van der Waals surface area contributed by atoms with Crippen LogP contribution in [0.25, 0.3) is 0 Å². The molecule has 1 aromatic rings. The third kappa shape index (κ3) is 3.76. The minimum atomic E-state index is -0.0768. The van der Waals surface area contributed by atoms with Crippen molar-refractivity contribution in [2.45, 2.75) is 32.4 Å². The molecular weight excluding hydrogens is 341 g/mol. The smallest absolute Gasteiger partial charge is 0.189 e. The average Bonchev–Trinajstić information content (AvgIpc) is 2.59. The van der Waals surface area contributed by atoms with E-state index < -0.39 is 0 Å². The highest BCUT2D eigenvalue weighted by Gasteiger charge is 2.23. The maximum Gasteiger partial charge on any atom is 0.189 e. The number of rotatable bonds is 1. The van der Waals surface area contributed by atoms with Crippen LogP contribution in [0.2, 0.25) is 0 Å². The van der Waals surface area contributed by atoms with E-state index in [9.17, 15) is 0 Å². The summed E-state index contributed by atoms with van der Waals surface area (Å²) in [5.74, 6) is 1.37. The summed E-state index contributed by atoms with van der Waals surface area (Å²) in [5, 5.41) is 3.15. The first-order chi connectivity index (χ1) is 7.96. The quantitative estimate of drug-likeness (QED) is 0.459. The van der Waals surface area contributed by atoms with Crippen LogP contribution in [0.15, 0.2) is 29.3 Å². The molecule has 0 saturated carbocycles. The van der Waals surface area contributed by atoms with Crippen molar-refractivity contribution in [3.8, 4) is 5.75 Å². The number of para-hydroxylation sites is 1. The lowest BCUT2D eigenvalue weighted by Gasteiger charge is -2.21. The molecule has 0 spiro atoms. The molecule has 4 nitrogen and oxygen atoms in total. The fourth-order valence-corrected chi connectivity index (χ4v) is 1.84. The number of ether oxygens (including phenoxy) is 1. The Hall–Kier alpha value is -0.980. The third-order valence-corrected chi connectivity index (χ3v) is 2.47. The standard InChI is InChI=1S/C13H19N3O.HI/c1-13(2,3)16-12(14)15-10-8-17-11-7-5-4-6-9(10)11;/h4-7,10H,8H2,1-3H3,(H3,14,15,16);1H. The highest BCUT2D eigenvalue weighted by Crippen LogP contribution is 2.33. The monoisotopic (exact) mass is 361 g/mol. The topological polar surface area (TPSA) is 59.6 Å². The minimum absolute atomic E-state index is 0. The van der Waals surface area contributed by atoms with Crippen LogP contribution in [0, 0.1) is 0 Å². The van der Waals surface area contributed by atoms with Crippen LogP contribution < -0.4 is 15.8 Å². The molecule has 1 aromatic carbocycles. The molecule has 5 heteroatoms. The zero-order valence-electron chi connectivity index (χ0n) is 10.9. The Morgan fingerprint density at radius 3 is 2.72 bits per heavy atom. The molecule has 0 saturated heterocycles. The second-order valence-electron chi connectivity index (χ2n) is 5.25. The van der Waals surface area contributed by atoms with Gasteiger partial charge in [-0.2, -0.15) is 0 Å². The third-order valence-electron chi connectivity index (χ3n) is 2.47. The van der Waals surface area contributed by atoms with E-state index in [1.807, 2.05) is 24.3 Å². The molecule has 1 unspecified atom stereocenters. The predicted octanol–water partition coefficient (Wildman–Crippen LogP) is 2.44. The molecule has 0 fully saturated rings. The number of benzene rings is 1. The lowest BCUT2D eigenvalue weighted by molar-refractivity contribution is 0.333. The number of nitrogens with two attached hydrogens (primary N) is 1. The van der Waals surface area contributed by atoms with Gasteiger partial charge in [-0.05, 0) is 26.8 Å². The molecule has 0 aliphatic carbocycles. The van der Waals surface area contributed by atoms with Gasteiger partial charge in [0.2, 0.25) is 0 Å². The molecule has 0 radical (unpaired) electrons. The van der Waals surface area contributed by atoms with Crippen molar-refractivity contribution in [2.24, 2.45) is 10.7 Å². The Balaban J connectivity index is 0.00000162. The summed E-state index contributed by atoms with van der Waals surface area (Å²) in [4.78, 5) is 4.46. The summed E-state index contributed by atoms with van der Waals surface area (Å²) in [6.45, 7) is 6.71. The molecule has 0 aromatic heterocycles. The molecule has 0 amide bonds. The first-order valence-corrected chi connectivity index (χ1v) is 5.79. The van der Waals surface area contributed by atoms with Crippen LogP contribution in [-0.4, -0.2) is 18.1 Å². The summed E-state index contributed by atoms with van der Waals surface area (Å²) >= 11 is 0. The van der Waals surface area contributed by atoms with Gasteiger partial charge in [0.25, 0.3) is 0 Å². The predicted molar refractivity (Wildman–Crippen MR) is 84.6 cm³/mol. The van der Waals surface area contributed by atoms with Gasteiger partial charge in [-0.15, -0.1) is 24.0 Å². The Labute approximate surface area is 125 Å². The van der Waals surface area contributed by atoms with Gasteiger partial charge in [0.05, 0.1) is 0 Å². The summed E-state index contributed by atoms with van der Waals surface area (Å²) in [7, 11) is 0. The van der Waals surface area contributed by atoms with Crippen molar-refractivity contribution < 1.29 is 4.74 Å². The van der Waals surface area contributed by atoms with Gasteiger partial charge in [-0.25, -0.2) is 4.99 Å². The van der Waals surface area contributed by atoms with Crippen LogP contribution in [0.5, 0.6) is 5.75 Å². The number of nitrogens with zero attached hydrogens (tertiary/aromatic N) is 1. The van der Waals surface area contributed by atoms with Gasteiger partial charge >= 0.3 is 0 Å². The summed E-state index contributed by atoms with van der Waals surface area (Å²) in [5.41, 5.74) is 6.91. The van der Waals surface area contributed by atoms with E-state index in [0.717, 1.165) is 11.3 Å². The van der Waals surface area contributed by atoms with E-state index >= 15 is 0 Å². The first kappa shape index (κ1) is 15.1. The zero-order chi connectivity index (χ0) is 12.5. The van der Waals surface area contributed by atoms with Gasteiger partial charge in [0.15, 0.2) is 5.96 Å². The van der Waals surface area contributed by atoms with Gasteiger partial charge in [0.1, 0.15) is 18.4 Å². The highest BCUT2D eigenvalue weighted by atomic mass is 127. The Morgan fingerprint density at radius 1 is 1.39 bits per heavy atom. The molecule has 3 N–H and O–H groups in total.